The van der Waals surface area contributed by atoms with Crippen molar-refractivity contribution >= 4 is 5.97 Å². The highest BCUT2D eigenvalue weighted by Crippen LogP contribution is 2.44. The average molecular weight is 369 g/mol. The smallest absolute Gasteiger partial charge is 0.309 e. The van der Waals surface area contributed by atoms with Crippen molar-refractivity contribution < 1.29 is 9.53 Å². The Morgan fingerprint density at radius 1 is 1.19 bits per heavy atom. The molecule has 27 heavy (non-hydrogen) atoms. The number of carbonyl (C=O) groups excluding carboxylic acids is 1. The zero-order valence-corrected chi connectivity index (χ0v) is 17.5. The van der Waals surface area contributed by atoms with Crippen LogP contribution in [0.15, 0.2) is 42.5 Å². The number of carbonyl (C=O) groups is 1. The lowest BCUT2D eigenvalue weighted by atomic mass is 9.64. The Morgan fingerprint density at radius 3 is 2.52 bits per heavy atom. The van der Waals surface area contributed by atoms with E-state index < -0.39 is 0 Å². The first-order valence-electron chi connectivity index (χ1n) is 10.7. The van der Waals surface area contributed by atoms with Gasteiger partial charge in [-0.05, 0) is 54.9 Å². The van der Waals surface area contributed by atoms with E-state index in [0.29, 0.717) is 17.8 Å². The second-order valence-corrected chi connectivity index (χ2v) is 9.53. The highest BCUT2D eigenvalue weighted by atomic mass is 16.5. The largest absolute Gasteiger partial charge is 0.462 e. The number of esters is 1. The molecule has 0 aromatic heterocycles. The molecule has 148 valence electrons. The highest BCUT2D eigenvalue weighted by molar-refractivity contribution is 5.73. The molecule has 1 aromatic carbocycles. The lowest BCUT2D eigenvalue weighted by Gasteiger charge is -2.44. The monoisotopic (exact) mass is 368 g/mol. The van der Waals surface area contributed by atoms with Crippen LogP contribution in [0, 0.1) is 23.7 Å². The van der Waals surface area contributed by atoms with Crippen molar-refractivity contribution in [3.63, 3.8) is 0 Å². The third-order valence-electron chi connectivity index (χ3n) is 7.28. The van der Waals surface area contributed by atoms with E-state index in [0.717, 1.165) is 32.1 Å². The van der Waals surface area contributed by atoms with Gasteiger partial charge in [0, 0.05) is 5.92 Å². The predicted molar refractivity (Wildman–Crippen MR) is 111 cm³/mol. The van der Waals surface area contributed by atoms with Crippen LogP contribution in [0.3, 0.4) is 0 Å². The molecule has 0 saturated heterocycles. The molecule has 2 nitrogen and oxygen atoms in total. The van der Waals surface area contributed by atoms with Crippen molar-refractivity contribution in [1.82, 2.24) is 0 Å². The van der Waals surface area contributed by atoms with Gasteiger partial charge in [0.15, 0.2) is 0 Å². The van der Waals surface area contributed by atoms with Gasteiger partial charge >= 0.3 is 5.97 Å². The van der Waals surface area contributed by atoms with Gasteiger partial charge in [-0.3, -0.25) is 4.79 Å². The second kappa shape index (κ2) is 8.20. The van der Waals surface area contributed by atoms with E-state index in [2.05, 4.69) is 57.7 Å². The molecule has 2 heteroatoms. The van der Waals surface area contributed by atoms with E-state index in [1.54, 1.807) is 0 Å². The Bertz CT molecular complexity index is 660. The van der Waals surface area contributed by atoms with Crippen LogP contribution in [0.4, 0.5) is 0 Å². The van der Waals surface area contributed by atoms with Gasteiger partial charge in [-0.1, -0.05) is 76.6 Å². The van der Waals surface area contributed by atoms with Crippen LogP contribution in [0.2, 0.25) is 0 Å². The van der Waals surface area contributed by atoms with E-state index in [9.17, 15) is 4.79 Å². The summed E-state index contributed by atoms with van der Waals surface area (Å²) in [5.74, 6) is 1.19. The molecule has 0 unspecified atom stereocenters. The van der Waals surface area contributed by atoms with Gasteiger partial charge in [0.1, 0.15) is 6.10 Å². The van der Waals surface area contributed by atoms with Crippen LogP contribution >= 0.6 is 0 Å². The lowest BCUT2D eigenvalue weighted by molar-refractivity contribution is -0.162. The molecule has 0 radical (unpaired) electrons. The molecule has 0 aliphatic heterocycles. The topological polar surface area (TPSA) is 26.3 Å². The molecular weight excluding hydrogens is 332 g/mol. The van der Waals surface area contributed by atoms with Gasteiger partial charge in [-0.15, -0.1) is 0 Å². The number of ether oxygens (including phenoxy) is 1. The molecule has 0 amide bonds. The van der Waals surface area contributed by atoms with Gasteiger partial charge in [-0.25, -0.2) is 0 Å². The van der Waals surface area contributed by atoms with E-state index in [1.165, 1.54) is 17.6 Å². The summed E-state index contributed by atoms with van der Waals surface area (Å²) in [5.41, 5.74) is 2.56. The summed E-state index contributed by atoms with van der Waals surface area (Å²) in [5, 5.41) is 0. The van der Waals surface area contributed by atoms with Crippen molar-refractivity contribution in [2.75, 3.05) is 0 Å². The SMILES string of the molecule is C=C1CCC[C@@H]1[C@H](C)C(=O)O[C@@H]1C[C@H](C)CC[C@H]1C(C)(C)c1ccccc1. The van der Waals surface area contributed by atoms with Gasteiger partial charge in [0.2, 0.25) is 0 Å². The molecule has 0 N–H and O–H groups in total. The van der Waals surface area contributed by atoms with E-state index >= 15 is 0 Å². The summed E-state index contributed by atoms with van der Waals surface area (Å²) in [7, 11) is 0. The molecule has 0 heterocycles. The maximum atomic E-state index is 13.0. The molecule has 5 atom stereocenters. The summed E-state index contributed by atoms with van der Waals surface area (Å²) >= 11 is 0. The average Bonchev–Trinajstić information content (AvgIpc) is 3.07. The van der Waals surface area contributed by atoms with Gasteiger partial charge in [0.25, 0.3) is 0 Å². The third kappa shape index (κ3) is 4.31. The summed E-state index contributed by atoms with van der Waals surface area (Å²) < 4.78 is 6.22. The molecule has 2 saturated carbocycles. The number of hydrogen-bond acceptors (Lipinski definition) is 2. The highest BCUT2D eigenvalue weighted by Gasteiger charge is 2.43. The number of hydrogen-bond donors (Lipinski definition) is 0. The van der Waals surface area contributed by atoms with Crippen molar-refractivity contribution in [1.29, 1.82) is 0 Å². The first-order chi connectivity index (χ1) is 12.8. The molecule has 1 aromatic rings. The lowest BCUT2D eigenvalue weighted by Crippen LogP contribution is -2.44. The van der Waals surface area contributed by atoms with Gasteiger partial charge in [0.05, 0.1) is 5.92 Å². The van der Waals surface area contributed by atoms with E-state index in [1.807, 2.05) is 6.92 Å². The summed E-state index contributed by atoms with van der Waals surface area (Å²) in [6, 6.07) is 10.7. The molecule has 0 bridgehead atoms. The van der Waals surface area contributed by atoms with E-state index in [-0.39, 0.29) is 23.4 Å². The summed E-state index contributed by atoms with van der Waals surface area (Å²) in [6.07, 6.45) is 6.61. The van der Waals surface area contributed by atoms with Crippen molar-refractivity contribution in [3.05, 3.63) is 48.0 Å². The molecule has 0 spiro atoms. The normalized spacial score (nSPS) is 30.1. The van der Waals surface area contributed by atoms with Crippen LogP contribution in [0.5, 0.6) is 0 Å². The molecule has 2 aliphatic rings. The number of allylic oxidation sites excluding steroid dienone is 1. The first-order valence-corrected chi connectivity index (χ1v) is 10.7. The maximum absolute atomic E-state index is 13.0. The quantitative estimate of drug-likeness (QED) is 0.450. The van der Waals surface area contributed by atoms with Crippen LogP contribution in [0.25, 0.3) is 0 Å². The van der Waals surface area contributed by atoms with Crippen LogP contribution in [-0.2, 0) is 14.9 Å². The number of benzene rings is 1. The fraction of sp³-hybridized carbons (Fsp3) is 0.640. The second-order valence-electron chi connectivity index (χ2n) is 9.53. The maximum Gasteiger partial charge on any atom is 0.309 e. The minimum atomic E-state index is -0.0716. The zero-order valence-electron chi connectivity index (χ0n) is 17.5. The Morgan fingerprint density at radius 2 is 1.89 bits per heavy atom. The molecule has 3 rings (SSSR count). The standard InChI is InChI=1S/C25H36O2/c1-17-14-15-22(25(4,5)20-11-7-6-8-12-20)23(16-17)27-24(26)19(3)21-13-9-10-18(21)2/h6-8,11-12,17,19,21-23H,2,9-10,13-16H2,1,3-5H3/t17-,19+,21+,22-,23-/m1/s1. The molecule has 2 aliphatic carbocycles. The van der Waals surface area contributed by atoms with Gasteiger partial charge in [-0.2, -0.15) is 0 Å². The Hall–Kier alpha value is -1.57. The number of rotatable bonds is 5. The summed E-state index contributed by atoms with van der Waals surface area (Å²) in [6.45, 7) is 13.1. The fourth-order valence-electron chi connectivity index (χ4n) is 5.33. The van der Waals surface area contributed by atoms with E-state index in [4.69, 9.17) is 4.74 Å². The molecule has 2 fully saturated rings. The van der Waals surface area contributed by atoms with Gasteiger partial charge < -0.3 is 4.74 Å². The minimum Gasteiger partial charge on any atom is -0.462 e. The van der Waals surface area contributed by atoms with Crippen LogP contribution < -0.4 is 0 Å². The Balaban J connectivity index is 1.76. The zero-order chi connectivity index (χ0) is 19.6. The van der Waals surface area contributed by atoms with Crippen molar-refractivity contribution in [2.45, 2.75) is 77.7 Å². The Kier molecular flexibility index (Phi) is 6.13. The predicted octanol–water partition coefficient (Wildman–Crippen LogP) is 6.30. The van der Waals surface area contributed by atoms with Crippen molar-refractivity contribution in [3.8, 4) is 0 Å². The Labute approximate surface area is 165 Å². The first kappa shape index (κ1) is 20.2. The van der Waals surface area contributed by atoms with Crippen molar-refractivity contribution in [2.24, 2.45) is 23.7 Å². The molecular formula is C25H36O2. The summed E-state index contributed by atoms with van der Waals surface area (Å²) in [4.78, 5) is 13.0. The van der Waals surface area contributed by atoms with Crippen LogP contribution in [0.1, 0.15) is 71.8 Å². The fourth-order valence-corrected chi connectivity index (χ4v) is 5.33. The third-order valence-corrected chi connectivity index (χ3v) is 7.28. The minimum absolute atomic E-state index is 0.00740. The van der Waals surface area contributed by atoms with Crippen LogP contribution in [-0.4, -0.2) is 12.1 Å².